The van der Waals surface area contributed by atoms with Crippen LogP contribution in [0.3, 0.4) is 0 Å². The Morgan fingerprint density at radius 1 is 1.18 bits per heavy atom. The summed E-state index contributed by atoms with van der Waals surface area (Å²) < 4.78 is 55.8. The monoisotopic (exact) mass is 479 g/mol. The van der Waals surface area contributed by atoms with Crippen molar-refractivity contribution in [3.8, 4) is 0 Å². The molecular weight excluding hydrogens is 466 g/mol. The largest absolute Gasteiger partial charge is 0.433 e. The molecule has 0 bridgehead atoms. The second kappa shape index (κ2) is 7.80. The molecule has 3 heterocycles. The van der Waals surface area contributed by atoms with E-state index in [0.717, 1.165) is 25.0 Å². The summed E-state index contributed by atoms with van der Waals surface area (Å²) in [5.41, 5.74) is -0.410. The molecule has 5 rings (SSSR count). The van der Waals surface area contributed by atoms with E-state index in [1.165, 1.54) is 29.2 Å². The Labute approximate surface area is 188 Å². The minimum absolute atomic E-state index is 0.00829. The van der Waals surface area contributed by atoms with Crippen molar-refractivity contribution < 1.29 is 22.4 Å². The van der Waals surface area contributed by atoms with Gasteiger partial charge in [0.1, 0.15) is 17.8 Å². The number of nitrogens with one attached hydrogen (secondary N) is 1. The number of halogens is 5. The Bertz CT molecular complexity index is 1380. The second-order valence-corrected chi connectivity index (χ2v) is 8.00. The van der Waals surface area contributed by atoms with Crippen LogP contribution in [0.4, 0.5) is 23.5 Å². The molecule has 1 fully saturated rings. The average molecular weight is 480 g/mol. The van der Waals surface area contributed by atoms with E-state index >= 15 is 0 Å². The zero-order chi connectivity index (χ0) is 23.3. The first-order chi connectivity index (χ1) is 15.7. The van der Waals surface area contributed by atoms with E-state index in [2.05, 4.69) is 25.5 Å². The topological polar surface area (TPSA) is 90.0 Å². The first-order valence-corrected chi connectivity index (χ1v) is 10.2. The van der Waals surface area contributed by atoms with Crippen molar-refractivity contribution in [2.24, 2.45) is 0 Å². The van der Waals surface area contributed by atoms with E-state index in [1.807, 2.05) is 0 Å². The summed E-state index contributed by atoms with van der Waals surface area (Å²) in [5, 5.41) is 10.5. The number of amides is 1. The highest BCUT2D eigenvalue weighted by Crippen LogP contribution is 2.41. The van der Waals surface area contributed by atoms with E-state index in [1.54, 1.807) is 0 Å². The zero-order valence-electron chi connectivity index (χ0n) is 16.6. The number of alkyl halides is 3. The van der Waals surface area contributed by atoms with E-state index in [4.69, 9.17) is 11.6 Å². The molecule has 1 N–H and O–H groups in total. The molecule has 1 amide bonds. The van der Waals surface area contributed by atoms with Crippen molar-refractivity contribution in [2.75, 3.05) is 5.32 Å². The quantitative estimate of drug-likeness (QED) is 0.431. The highest BCUT2D eigenvalue weighted by Gasteiger charge is 2.37. The number of hydrogen-bond acceptors (Lipinski definition) is 5. The van der Waals surface area contributed by atoms with Gasteiger partial charge in [0.15, 0.2) is 11.3 Å². The molecular formula is C20H14ClF4N7O. The number of benzene rings is 1. The maximum absolute atomic E-state index is 13.5. The molecule has 33 heavy (non-hydrogen) atoms. The van der Waals surface area contributed by atoms with Crippen LogP contribution in [-0.2, 0) is 12.7 Å². The van der Waals surface area contributed by atoms with Gasteiger partial charge in [0.2, 0.25) is 5.95 Å². The number of hydrogen-bond donors (Lipinski definition) is 1. The number of nitrogens with zero attached hydrogens (tertiary/aromatic N) is 6. The highest BCUT2D eigenvalue weighted by atomic mass is 35.5. The van der Waals surface area contributed by atoms with Crippen molar-refractivity contribution in [2.45, 2.75) is 31.5 Å². The molecule has 0 radical (unpaired) electrons. The summed E-state index contributed by atoms with van der Waals surface area (Å²) >= 11 is 6.00. The molecule has 0 saturated heterocycles. The maximum atomic E-state index is 13.5. The van der Waals surface area contributed by atoms with Crippen LogP contribution in [0.25, 0.3) is 5.65 Å². The SMILES string of the molecule is O=C(Nc1ncn(Cc2ccc(F)cc2Cl)n1)c1cc2nc(C3CC3)cc(C(F)(F)F)n2n1. The molecule has 1 aliphatic rings. The summed E-state index contributed by atoms with van der Waals surface area (Å²) in [7, 11) is 0. The summed E-state index contributed by atoms with van der Waals surface area (Å²) in [4.78, 5) is 20.8. The van der Waals surface area contributed by atoms with E-state index < -0.39 is 23.6 Å². The number of carbonyl (C=O) groups is 1. The van der Waals surface area contributed by atoms with Gasteiger partial charge in [0.05, 0.1) is 6.54 Å². The Balaban J connectivity index is 1.37. The van der Waals surface area contributed by atoms with Gasteiger partial charge in [0.25, 0.3) is 5.91 Å². The molecule has 8 nitrogen and oxygen atoms in total. The molecule has 13 heteroatoms. The predicted molar refractivity (Wildman–Crippen MR) is 108 cm³/mol. The predicted octanol–water partition coefficient (Wildman–Crippen LogP) is 4.31. The van der Waals surface area contributed by atoms with Crippen molar-refractivity contribution in [1.29, 1.82) is 0 Å². The van der Waals surface area contributed by atoms with Crippen LogP contribution < -0.4 is 5.32 Å². The molecule has 1 saturated carbocycles. The van der Waals surface area contributed by atoms with Crippen LogP contribution >= 0.6 is 11.6 Å². The van der Waals surface area contributed by atoms with Crippen LogP contribution in [-0.4, -0.2) is 35.3 Å². The van der Waals surface area contributed by atoms with Crippen molar-refractivity contribution >= 4 is 29.1 Å². The van der Waals surface area contributed by atoms with Crippen LogP contribution in [0.5, 0.6) is 0 Å². The Hall–Kier alpha value is -3.54. The smallest absolute Gasteiger partial charge is 0.288 e. The normalized spacial score (nSPS) is 14.1. The van der Waals surface area contributed by atoms with Gasteiger partial charge < -0.3 is 0 Å². The van der Waals surface area contributed by atoms with Gasteiger partial charge >= 0.3 is 6.18 Å². The van der Waals surface area contributed by atoms with Crippen LogP contribution in [0.15, 0.2) is 36.7 Å². The molecule has 0 unspecified atom stereocenters. The zero-order valence-corrected chi connectivity index (χ0v) is 17.4. The van der Waals surface area contributed by atoms with Crippen molar-refractivity contribution in [3.05, 3.63) is 70.1 Å². The van der Waals surface area contributed by atoms with Crippen LogP contribution in [0.1, 0.15) is 46.2 Å². The minimum atomic E-state index is -4.66. The van der Waals surface area contributed by atoms with E-state index in [0.29, 0.717) is 15.8 Å². The summed E-state index contributed by atoms with van der Waals surface area (Å²) in [6.07, 6.45) is -1.78. The third kappa shape index (κ3) is 4.38. The van der Waals surface area contributed by atoms with Gasteiger partial charge in [-0.15, -0.1) is 5.10 Å². The Morgan fingerprint density at radius 2 is 1.97 bits per heavy atom. The minimum Gasteiger partial charge on any atom is -0.288 e. The van der Waals surface area contributed by atoms with Gasteiger partial charge in [-0.25, -0.2) is 23.6 Å². The first kappa shape index (κ1) is 21.3. The molecule has 170 valence electrons. The fourth-order valence-corrected chi connectivity index (χ4v) is 3.54. The fraction of sp³-hybridized carbons (Fsp3) is 0.250. The molecule has 4 aromatic rings. The number of aromatic nitrogens is 6. The molecule has 1 aliphatic carbocycles. The number of fused-ring (bicyclic) bond motifs is 1. The molecule has 0 spiro atoms. The summed E-state index contributed by atoms with van der Waals surface area (Å²) in [6.45, 7) is 0.166. The van der Waals surface area contributed by atoms with Gasteiger partial charge in [-0.05, 0) is 36.6 Å². The third-order valence-electron chi connectivity index (χ3n) is 5.07. The highest BCUT2D eigenvalue weighted by molar-refractivity contribution is 6.31. The lowest BCUT2D eigenvalue weighted by molar-refractivity contribution is -0.142. The average Bonchev–Trinajstić information content (AvgIpc) is 3.35. The standard InChI is InChI=1S/C20H14ClF4N7O/c21-13-5-12(22)4-3-11(13)8-31-9-26-19(30-31)28-18(33)15-7-17-27-14(10-1-2-10)6-16(20(23,24)25)32(17)29-15/h3-7,9-10H,1-2,8H2,(H,28,30,33). The maximum Gasteiger partial charge on any atom is 0.433 e. The Kier molecular flexibility index (Phi) is 5.04. The lowest BCUT2D eigenvalue weighted by Gasteiger charge is -2.10. The van der Waals surface area contributed by atoms with E-state index in [-0.39, 0.29) is 34.8 Å². The first-order valence-electron chi connectivity index (χ1n) is 9.80. The fourth-order valence-electron chi connectivity index (χ4n) is 3.31. The van der Waals surface area contributed by atoms with Crippen LogP contribution in [0.2, 0.25) is 5.02 Å². The number of rotatable bonds is 5. The molecule has 0 atom stereocenters. The second-order valence-electron chi connectivity index (χ2n) is 7.59. The van der Waals surface area contributed by atoms with Gasteiger partial charge in [-0.1, -0.05) is 17.7 Å². The Morgan fingerprint density at radius 3 is 2.67 bits per heavy atom. The van der Waals surface area contributed by atoms with E-state index in [9.17, 15) is 22.4 Å². The van der Waals surface area contributed by atoms with Crippen molar-refractivity contribution in [3.63, 3.8) is 0 Å². The molecule has 3 aromatic heterocycles. The van der Waals surface area contributed by atoms with Gasteiger partial charge in [-0.3, -0.25) is 10.1 Å². The molecule has 0 aliphatic heterocycles. The lowest BCUT2D eigenvalue weighted by atomic mass is 10.2. The number of anilines is 1. The van der Waals surface area contributed by atoms with Crippen LogP contribution in [0, 0.1) is 5.82 Å². The van der Waals surface area contributed by atoms with Crippen molar-refractivity contribution in [1.82, 2.24) is 29.4 Å². The summed E-state index contributed by atoms with van der Waals surface area (Å²) in [5.74, 6) is -1.36. The van der Waals surface area contributed by atoms with Gasteiger partial charge in [0, 0.05) is 22.7 Å². The molecule has 1 aromatic carbocycles. The number of carbonyl (C=O) groups excluding carboxylic acids is 1. The third-order valence-corrected chi connectivity index (χ3v) is 5.43. The van der Waals surface area contributed by atoms with Gasteiger partial charge in [-0.2, -0.15) is 18.3 Å². The summed E-state index contributed by atoms with van der Waals surface area (Å²) in [6, 6.07) is 6.07. The lowest BCUT2D eigenvalue weighted by Crippen LogP contribution is -2.16.